The number of hydrogen-bond donors (Lipinski definition) is 2. The molecule has 0 aliphatic heterocycles. The maximum Gasteiger partial charge on any atom is 0.221 e. The molecule has 0 saturated heterocycles. The van der Waals surface area contributed by atoms with Crippen molar-refractivity contribution >= 4 is 18.3 Å². The van der Waals surface area contributed by atoms with Crippen LogP contribution >= 0.6 is 12.4 Å². The van der Waals surface area contributed by atoms with Gasteiger partial charge in [-0.15, -0.1) is 12.4 Å². The van der Waals surface area contributed by atoms with Gasteiger partial charge in [-0.2, -0.15) is 0 Å². The van der Waals surface area contributed by atoms with Crippen LogP contribution in [0, 0.1) is 0 Å². The fraction of sp³-hybridized carbons (Fsp3) is 0.615. The zero-order chi connectivity index (χ0) is 13.0. The number of hydrogen-bond acceptors (Lipinski definition) is 4. The first kappa shape index (κ1) is 15.9. The predicted molar refractivity (Wildman–Crippen MR) is 76.2 cm³/mol. The minimum absolute atomic E-state index is 0. The van der Waals surface area contributed by atoms with E-state index >= 15 is 0 Å². The molecule has 0 aromatic carbocycles. The summed E-state index contributed by atoms with van der Waals surface area (Å²) in [5.41, 5.74) is 6.60. The summed E-state index contributed by atoms with van der Waals surface area (Å²) in [6, 6.07) is -0.0915. The van der Waals surface area contributed by atoms with Crippen molar-refractivity contribution in [2.75, 3.05) is 6.54 Å². The largest absolute Gasteiger partial charge is 0.356 e. The molecule has 2 rings (SSSR count). The lowest BCUT2D eigenvalue weighted by molar-refractivity contribution is -0.121. The second kappa shape index (κ2) is 7.40. The third kappa shape index (κ3) is 5.53. The van der Waals surface area contributed by atoms with E-state index in [1.165, 1.54) is 12.8 Å². The lowest BCUT2D eigenvalue weighted by Gasteiger charge is -2.07. The number of halogens is 1. The Bertz CT molecular complexity index is 404. The highest BCUT2D eigenvalue weighted by molar-refractivity contribution is 5.85. The number of nitrogens with one attached hydrogen (secondary N) is 1. The van der Waals surface area contributed by atoms with Crippen LogP contribution in [0.15, 0.2) is 12.4 Å². The lowest BCUT2D eigenvalue weighted by Crippen LogP contribution is -2.31. The van der Waals surface area contributed by atoms with E-state index in [9.17, 15) is 4.79 Å². The maximum absolute atomic E-state index is 11.4. The van der Waals surface area contributed by atoms with Crippen LogP contribution in [0.25, 0.3) is 0 Å². The molecule has 1 aliphatic carbocycles. The summed E-state index contributed by atoms with van der Waals surface area (Å²) in [7, 11) is 0. The molecule has 0 radical (unpaired) electrons. The van der Waals surface area contributed by atoms with E-state index < -0.39 is 0 Å². The van der Waals surface area contributed by atoms with E-state index in [4.69, 9.17) is 5.73 Å². The number of amides is 1. The second-order valence-electron chi connectivity index (χ2n) is 5.01. The van der Waals surface area contributed by atoms with Crippen molar-refractivity contribution in [3.05, 3.63) is 23.8 Å². The van der Waals surface area contributed by atoms with Crippen molar-refractivity contribution in [3.63, 3.8) is 0 Å². The molecule has 1 heterocycles. The molecule has 1 aromatic rings. The molecule has 0 bridgehead atoms. The number of nitrogens with two attached hydrogens (primary N) is 1. The standard InChI is InChI=1S/C13H20N4O.ClH/c1-9(14)6-12(18)15-5-4-10-7-16-13(17-8-10)11-2-3-11;/h7-9,11H,2-6,14H2,1H3,(H,15,18);1H. The Kier molecular flexibility index (Phi) is 6.18. The molecular formula is C13H21ClN4O. The Morgan fingerprint density at radius 1 is 1.47 bits per heavy atom. The minimum Gasteiger partial charge on any atom is -0.356 e. The van der Waals surface area contributed by atoms with Gasteiger partial charge in [0.2, 0.25) is 5.91 Å². The molecule has 1 saturated carbocycles. The quantitative estimate of drug-likeness (QED) is 0.822. The van der Waals surface area contributed by atoms with Gasteiger partial charge in [-0.3, -0.25) is 4.79 Å². The molecule has 5 nitrogen and oxygen atoms in total. The van der Waals surface area contributed by atoms with Crippen LogP contribution in [0.4, 0.5) is 0 Å². The van der Waals surface area contributed by atoms with Crippen LogP contribution in [0.2, 0.25) is 0 Å². The van der Waals surface area contributed by atoms with Crippen molar-refractivity contribution < 1.29 is 4.79 Å². The Morgan fingerprint density at radius 3 is 2.63 bits per heavy atom. The number of carbonyl (C=O) groups excluding carboxylic acids is 1. The van der Waals surface area contributed by atoms with Crippen LogP contribution < -0.4 is 11.1 Å². The van der Waals surface area contributed by atoms with Gasteiger partial charge >= 0.3 is 0 Å². The molecule has 3 N–H and O–H groups in total. The van der Waals surface area contributed by atoms with Crippen molar-refractivity contribution in [1.29, 1.82) is 0 Å². The smallest absolute Gasteiger partial charge is 0.221 e. The van der Waals surface area contributed by atoms with E-state index in [1.54, 1.807) is 0 Å². The topological polar surface area (TPSA) is 80.9 Å². The van der Waals surface area contributed by atoms with Crippen LogP contribution in [-0.2, 0) is 11.2 Å². The number of nitrogens with zero attached hydrogens (tertiary/aromatic N) is 2. The lowest BCUT2D eigenvalue weighted by atomic mass is 10.2. The highest BCUT2D eigenvalue weighted by Crippen LogP contribution is 2.37. The van der Waals surface area contributed by atoms with Crippen LogP contribution in [-0.4, -0.2) is 28.5 Å². The van der Waals surface area contributed by atoms with Gasteiger partial charge in [-0.05, 0) is 31.7 Å². The third-order valence-electron chi connectivity index (χ3n) is 2.91. The fourth-order valence-corrected chi connectivity index (χ4v) is 1.76. The van der Waals surface area contributed by atoms with Crippen molar-refractivity contribution in [2.24, 2.45) is 5.73 Å². The first-order valence-corrected chi connectivity index (χ1v) is 6.48. The fourth-order valence-electron chi connectivity index (χ4n) is 1.76. The van der Waals surface area contributed by atoms with E-state index in [2.05, 4.69) is 15.3 Å². The highest BCUT2D eigenvalue weighted by Gasteiger charge is 2.25. The van der Waals surface area contributed by atoms with Crippen molar-refractivity contribution in [1.82, 2.24) is 15.3 Å². The van der Waals surface area contributed by atoms with Gasteiger partial charge in [0.15, 0.2) is 0 Å². The SMILES string of the molecule is CC(N)CC(=O)NCCc1cnc(C2CC2)nc1.Cl. The van der Waals surface area contributed by atoms with Gasteiger partial charge in [0.05, 0.1) is 0 Å². The molecule has 6 heteroatoms. The summed E-state index contributed by atoms with van der Waals surface area (Å²) < 4.78 is 0. The summed E-state index contributed by atoms with van der Waals surface area (Å²) in [5.74, 6) is 1.55. The average Bonchev–Trinajstić information content (AvgIpc) is 3.13. The molecule has 19 heavy (non-hydrogen) atoms. The van der Waals surface area contributed by atoms with Crippen LogP contribution in [0.3, 0.4) is 0 Å². The molecule has 1 amide bonds. The molecule has 1 unspecified atom stereocenters. The van der Waals surface area contributed by atoms with Crippen LogP contribution in [0.5, 0.6) is 0 Å². The summed E-state index contributed by atoms with van der Waals surface area (Å²) in [6.07, 6.45) is 7.28. The summed E-state index contributed by atoms with van der Waals surface area (Å²) in [5, 5.41) is 2.84. The van der Waals surface area contributed by atoms with Gasteiger partial charge in [0, 0.05) is 37.3 Å². The zero-order valence-corrected chi connectivity index (χ0v) is 11.9. The van der Waals surface area contributed by atoms with E-state index in [1.807, 2.05) is 19.3 Å². The van der Waals surface area contributed by atoms with Gasteiger partial charge in [-0.1, -0.05) is 0 Å². The van der Waals surface area contributed by atoms with Gasteiger partial charge < -0.3 is 11.1 Å². The summed E-state index contributed by atoms with van der Waals surface area (Å²) in [4.78, 5) is 20.1. The summed E-state index contributed by atoms with van der Waals surface area (Å²) in [6.45, 7) is 2.43. The first-order valence-electron chi connectivity index (χ1n) is 6.48. The number of aromatic nitrogens is 2. The Balaban J connectivity index is 0.00000180. The zero-order valence-electron chi connectivity index (χ0n) is 11.1. The van der Waals surface area contributed by atoms with Crippen LogP contribution in [0.1, 0.15) is 43.5 Å². The minimum atomic E-state index is -0.0915. The molecule has 1 aliphatic rings. The van der Waals surface area contributed by atoms with E-state index in [-0.39, 0.29) is 24.4 Å². The normalized spacial score (nSPS) is 15.5. The molecule has 1 aromatic heterocycles. The van der Waals surface area contributed by atoms with Gasteiger partial charge in [0.25, 0.3) is 0 Å². The first-order chi connectivity index (χ1) is 8.65. The molecule has 106 valence electrons. The van der Waals surface area contributed by atoms with Crippen molar-refractivity contribution in [2.45, 2.75) is 44.6 Å². The maximum atomic E-state index is 11.4. The van der Waals surface area contributed by atoms with Gasteiger partial charge in [0.1, 0.15) is 5.82 Å². The predicted octanol–water partition coefficient (Wildman–Crippen LogP) is 1.17. The Labute approximate surface area is 119 Å². The second-order valence-corrected chi connectivity index (χ2v) is 5.01. The molecular weight excluding hydrogens is 264 g/mol. The Morgan fingerprint density at radius 2 is 2.11 bits per heavy atom. The van der Waals surface area contributed by atoms with E-state index in [0.29, 0.717) is 18.9 Å². The van der Waals surface area contributed by atoms with E-state index in [0.717, 1.165) is 17.8 Å². The third-order valence-corrected chi connectivity index (χ3v) is 2.91. The molecule has 1 atom stereocenters. The average molecular weight is 285 g/mol. The highest BCUT2D eigenvalue weighted by atomic mass is 35.5. The Hall–Kier alpha value is -1.20. The number of carbonyl (C=O) groups is 1. The van der Waals surface area contributed by atoms with Gasteiger partial charge in [-0.25, -0.2) is 9.97 Å². The molecule has 1 fully saturated rings. The molecule has 0 spiro atoms. The monoisotopic (exact) mass is 284 g/mol. The van der Waals surface area contributed by atoms with Crippen molar-refractivity contribution in [3.8, 4) is 0 Å². The number of rotatable bonds is 6. The summed E-state index contributed by atoms with van der Waals surface area (Å²) >= 11 is 0.